The van der Waals surface area contributed by atoms with E-state index in [0.717, 1.165) is 4.57 Å². The average molecular weight is 486 g/mol. The molecule has 0 saturated carbocycles. The van der Waals surface area contributed by atoms with Crippen LogP contribution in [0.4, 0.5) is 5.82 Å². The monoisotopic (exact) mass is 486 g/mol. The van der Waals surface area contributed by atoms with Crippen molar-refractivity contribution in [2.24, 2.45) is 0 Å². The molecule has 17 heteroatoms. The van der Waals surface area contributed by atoms with Crippen molar-refractivity contribution in [2.45, 2.75) is 31.5 Å². The van der Waals surface area contributed by atoms with Gasteiger partial charge in [0.25, 0.3) is 0 Å². The highest BCUT2D eigenvalue weighted by molar-refractivity contribution is 7.70. The normalized spacial score (nSPS) is 27.4. The lowest BCUT2D eigenvalue weighted by Gasteiger charge is -2.19. The van der Waals surface area contributed by atoms with E-state index in [1.165, 1.54) is 19.2 Å². The molecule has 1 aromatic rings. The zero-order valence-corrected chi connectivity index (χ0v) is 18.1. The molecule has 2 unspecified atom stereocenters. The first-order valence-corrected chi connectivity index (χ1v) is 12.4. The smallest absolute Gasteiger partial charge is 0.351 e. The number of aromatic nitrogens is 2. The second-order valence-electron chi connectivity index (χ2n) is 6.62. The van der Waals surface area contributed by atoms with Crippen molar-refractivity contribution in [3.63, 3.8) is 0 Å². The first kappa shape index (κ1) is 25.6. The Kier molecular flexibility index (Phi) is 8.50. The molecule has 1 fully saturated rings. The van der Waals surface area contributed by atoms with Crippen molar-refractivity contribution in [3.05, 3.63) is 22.7 Å². The van der Waals surface area contributed by atoms with Crippen molar-refractivity contribution >= 4 is 26.9 Å². The molecule has 1 aromatic heterocycles. The number of hydrogen-bond donors (Lipinski definition) is 6. The summed E-state index contributed by atoms with van der Waals surface area (Å²) in [5.41, 5.74) is 4.53. The Labute approximate surface area is 175 Å². The minimum Gasteiger partial charge on any atom is -0.387 e. The van der Waals surface area contributed by atoms with E-state index in [1.54, 1.807) is 0 Å². The SMILES string of the molecule is CC(=O)NCCOP(=O)(O)CP(=O)(O)OC[C@H]1O[C@@H](n2ccc(N)nc2=O)[C@H](O)[C@@H]1O. The molecule has 1 aliphatic heterocycles. The summed E-state index contributed by atoms with van der Waals surface area (Å²) in [6.45, 7) is 0.0221. The van der Waals surface area contributed by atoms with Crippen LogP contribution in [0.5, 0.6) is 0 Å². The fourth-order valence-corrected chi connectivity index (χ4v) is 5.85. The molecule has 15 nitrogen and oxygen atoms in total. The Balaban J connectivity index is 1.93. The molecule has 31 heavy (non-hydrogen) atoms. The van der Waals surface area contributed by atoms with Crippen LogP contribution in [0.1, 0.15) is 13.2 Å². The number of carbonyl (C=O) groups is 1. The summed E-state index contributed by atoms with van der Waals surface area (Å²) in [5.74, 6) is -1.71. The lowest BCUT2D eigenvalue weighted by atomic mass is 10.1. The third-order valence-corrected chi connectivity index (χ3v) is 8.03. The van der Waals surface area contributed by atoms with Gasteiger partial charge in [0.2, 0.25) is 5.91 Å². The predicted molar refractivity (Wildman–Crippen MR) is 104 cm³/mol. The number of carbonyl (C=O) groups excluding carboxylic acids is 1. The number of ether oxygens (including phenoxy) is 1. The summed E-state index contributed by atoms with van der Waals surface area (Å²) < 4.78 is 39.7. The number of rotatable bonds is 10. The van der Waals surface area contributed by atoms with Gasteiger partial charge < -0.3 is 44.8 Å². The van der Waals surface area contributed by atoms with Gasteiger partial charge in [-0.1, -0.05) is 0 Å². The van der Waals surface area contributed by atoms with Crippen LogP contribution in [0.15, 0.2) is 17.1 Å². The fourth-order valence-electron chi connectivity index (χ4n) is 2.63. The highest BCUT2D eigenvalue weighted by Gasteiger charge is 2.45. The van der Waals surface area contributed by atoms with E-state index in [1.807, 2.05) is 0 Å². The van der Waals surface area contributed by atoms with E-state index in [2.05, 4.69) is 14.8 Å². The second kappa shape index (κ2) is 10.3. The first-order valence-electron chi connectivity index (χ1n) is 8.85. The summed E-state index contributed by atoms with van der Waals surface area (Å²) in [5, 5.41) is 22.6. The molecule has 2 heterocycles. The molecule has 1 amide bonds. The van der Waals surface area contributed by atoms with Crippen LogP contribution in [0.2, 0.25) is 0 Å². The van der Waals surface area contributed by atoms with Crippen LogP contribution >= 0.6 is 15.2 Å². The summed E-state index contributed by atoms with van der Waals surface area (Å²) in [4.78, 5) is 45.6. The van der Waals surface area contributed by atoms with E-state index >= 15 is 0 Å². The largest absolute Gasteiger partial charge is 0.387 e. The third kappa shape index (κ3) is 7.45. The number of nitrogens with zero attached hydrogens (tertiary/aromatic N) is 2. The van der Waals surface area contributed by atoms with Gasteiger partial charge in [-0.2, -0.15) is 4.98 Å². The molecule has 2 rings (SSSR count). The van der Waals surface area contributed by atoms with Gasteiger partial charge in [0.05, 0.1) is 13.2 Å². The Morgan fingerprint density at radius 1 is 1.29 bits per heavy atom. The van der Waals surface area contributed by atoms with Gasteiger partial charge in [-0.25, -0.2) is 4.79 Å². The Morgan fingerprint density at radius 3 is 2.55 bits per heavy atom. The third-order valence-electron chi connectivity index (χ3n) is 4.03. The van der Waals surface area contributed by atoms with Crippen LogP contribution in [0.25, 0.3) is 0 Å². The molecular formula is C14H24N4O11P2. The zero-order valence-electron chi connectivity index (χ0n) is 16.3. The first-order chi connectivity index (χ1) is 14.3. The molecule has 0 aliphatic carbocycles. The van der Waals surface area contributed by atoms with Crippen LogP contribution in [-0.4, -0.2) is 79.4 Å². The summed E-state index contributed by atoms with van der Waals surface area (Å²) in [7, 11) is -9.23. The molecule has 0 radical (unpaired) electrons. The summed E-state index contributed by atoms with van der Waals surface area (Å²) in [6, 6.07) is 1.26. The van der Waals surface area contributed by atoms with Gasteiger partial charge in [0.15, 0.2) is 12.1 Å². The molecular weight excluding hydrogens is 462 g/mol. The van der Waals surface area contributed by atoms with Gasteiger partial charge in [-0.15, -0.1) is 0 Å². The zero-order chi connectivity index (χ0) is 23.4. The van der Waals surface area contributed by atoms with Crippen LogP contribution in [-0.2, 0) is 27.7 Å². The second-order valence-corrected chi connectivity index (χ2v) is 10.8. The van der Waals surface area contributed by atoms with Gasteiger partial charge in [0.1, 0.15) is 24.1 Å². The maximum Gasteiger partial charge on any atom is 0.351 e. The van der Waals surface area contributed by atoms with Crippen LogP contribution < -0.4 is 16.7 Å². The lowest BCUT2D eigenvalue weighted by molar-refractivity contribution is -0.119. The maximum absolute atomic E-state index is 12.1. The molecule has 1 aliphatic rings. The van der Waals surface area contributed by atoms with E-state index < -0.39 is 57.9 Å². The number of nitrogen functional groups attached to an aromatic ring is 1. The number of hydrogen-bond acceptors (Lipinski definition) is 11. The quantitative estimate of drug-likeness (QED) is 0.154. The van der Waals surface area contributed by atoms with E-state index in [4.69, 9.17) is 15.0 Å². The molecule has 0 bridgehead atoms. The minimum absolute atomic E-state index is 0.0666. The summed E-state index contributed by atoms with van der Waals surface area (Å²) in [6.07, 6.45) is -4.74. The van der Waals surface area contributed by atoms with Crippen LogP contribution in [0, 0.1) is 0 Å². The molecule has 0 aromatic carbocycles. The molecule has 176 valence electrons. The van der Waals surface area contributed by atoms with Gasteiger partial charge >= 0.3 is 20.9 Å². The average Bonchev–Trinajstić information content (AvgIpc) is 2.91. The number of nitrogens with two attached hydrogens (primary N) is 1. The molecule has 1 saturated heterocycles. The topological polar surface area (TPSA) is 233 Å². The number of aliphatic hydroxyl groups excluding tert-OH is 2. The van der Waals surface area contributed by atoms with E-state index in [-0.39, 0.29) is 24.9 Å². The van der Waals surface area contributed by atoms with Gasteiger partial charge in [-0.3, -0.25) is 18.5 Å². The maximum atomic E-state index is 12.1. The van der Waals surface area contributed by atoms with Crippen molar-refractivity contribution in [1.82, 2.24) is 14.9 Å². The fraction of sp³-hybridized carbons (Fsp3) is 0.643. The number of aliphatic hydroxyl groups is 2. The standard InChI is InChI=1S/C14H24N4O11P2/c1-8(19)16-3-5-27-30(23,24)7-31(25,26)28-6-9-11(20)12(21)13(29-9)18-4-2-10(15)17-14(18)22/h2,4,9,11-13,20-21H,3,5-7H2,1H3,(H,16,19)(H,23,24)(H,25,26)(H2,15,17,22)/t9-,11-,12-,13-/m1/s1. The lowest BCUT2D eigenvalue weighted by Crippen LogP contribution is -2.36. The van der Waals surface area contributed by atoms with Gasteiger partial charge in [0, 0.05) is 19.7 Å². The molecule has 7 N–H and O–H groups in total. The van der Waals surface area contributed by atoms with E-state index in [9.17, 15) is 38.7 Å². The number of anilines is 1. The van der Waals surface area contributed by atoms with E-state index in [0.29, 0.717) is 0 Å². The Hall–Kier alpha value is -1.67. The number of amides is 1. The number of nitrogens with one attached hydrogen (secondary N) is 1. The highest BCUT2D eigenvalue weighted by atomic mass is 31.2. The molecule has 6 atom stereocenters. The van der Waals surface area contributed by atoms with Crippen molar-refractivity contribution in [1.29, 1.82) is 0 Å². The summed E-state index contributed by atoms with van der Waals surface area (Å²) >= 11 is 0. The van der Waals surface area contributed by atoms with Crippen LogP contribution in [0.3, 0.4) is 0 Å². The molecule has 0 spiro atoms. The van der Waals surface area contributed by atoms with Gasteiger partial charge in [-0.05, 0) is 6.07 Å². The predicted octanol–water partition coefficient (Wildman–Crippen LogP) is -2.06. The highest BCUT2D eigenvalue weighted by Crippen LogP contribution is 2.58. The van der Waals surface area contributed by atoms with Crippen molar-refractivity contribution in [3.8, 4) is 0 Å². The Bertz CT molecular complexity index is 941. The minimum atomic E-state index is -4.68. The van der Waals surface area contributed by atoms with Crippen molar-refractivity contribution in [2.75, 3.05) is 31.4 Å². The van der Waals surface area contributed by atoms with Crippen molar-refractivity contribution < 1.29 is 47.7 Å². The Morgan fingerprint density at radius 2 is 1.94 bits per heavy atom.